The van der Waals surface area contributed by atoms with E-state index in [1.807, 2.05) is 36.0 Å². The quantitative estimate of drug-likeness (QED) is 0.440. The molecule has 1 aliphatic rings. The molecule has 2 heterocycles. The van der Waals surface area contributed by atoms with Crippen molar-refractivity contribution in [1.82, 2.24) is 4.57 Å². The molecule has 160 valence electrons. The van der Waals surface area contributed by atoms with Crippen molar-refractivity contribution in [2.45, 2.75) is 20.0 Å². The maximum atomic E-state index is 12.9. The number of carbonyl (C=O) groups excluding carboxylic acids is 2. The standard InChI is InChI=1S/C24H23NO6/c1-5-29-24(27)14(2)30-17-6-8-18-21(12-17)31-22(23(18)26)10-15-13-25(3)20-9-7-16(28-4)11-19(15)20/h6-14H,5H2,1-4H3/b22-10-. The predicted octanol–water partition coefficient (Wildman–Crippen LogP) is 4.13. The fourth-order valence-corrected chi connectivity index (χ4v) is 3.54. The summed E-state index contributed by atoms with van der Waals surface area (Å²) in [7, 11) is 3.56. The SMILES string of the molecule is CCOC(=O)C(C)Oc1ccc2c(c1)O/C(=C\c1cn(C)c3ccc(OC)cc13)C2=O. The fraction of sp³-hybridized carbons (Fsp3) is 0.250. The number of benzene rings is 2. The number of ether oxygens (including phenoxy) is 4. The summed E-state index contributed by atoms with van der Waals surface area (Å²) in [6.45, 7) is 3.62. The van der Waals surface area contributed by atoms with Gasteiger partial charge in [0.1, 0.15) is 17.2 Å². The second-order valence-corrected chi connectivity index (χ2v) is 7.19. The van der Waals surface area contributed by atoms with Crippen LogP contribution < -0.4 is 14.2 Å². The van der Waals surface area contributed by atoms with Crippen LogP contribution in [0.4, 0.5) is 0 Å². The number of nitrogens with zero attached hydrogens (tertiary/aromatic N) is 1. The zero-order valence-electron chi connectivity index (χ0n) is 17.8. The Morgan fingerprint density at radius 2 is 1.97 bits per heavy atom. The summed E-state index contributed by atoms with van der Waals surface area (Å²) in [5.74, 6) is 1.11. The van der Waals surface area contributed by atoms with Crippen LogP contribution in [0.3, 0.4) is 0 Å². The van der Waals surface area contributed by atoms with E-state index < -0.39 is 12.1 Å². The van der Waals surface area contributed by atoms with Crippen LogP contribution in [0.2, 0.25) is 0 Å². The molecule has 7 nitrogen and oxygen atoms in total. The summed E-state index contributed by atoms with van der Waals surface area (Å²) in [6, 6.07) is 10.7. The Balaban J connectivity index is 1.62. The van der Waals surface area contributed by atoms with Gasteiger partial charge < -0.3 is 23.5 Å². The van der Waals surface area contributed by atoms with Crippen molar-refractivity contribution in [1.29, 1.82) is 0 Å². The largest absolute Gasteiger partial charge is 0.497 e. The van der Waals surface area contributed by atoms with E-state index in [2.05, 4.69) is 0 Å². The van der Waals surface area contributed by atoms with Gasteiger partial charge in [-0.25, -0.2) is 4.79 Å². The van der Waals surface area contributed by atoms with E-state index in [1.165, 1.54) is 0 Å². The van der Waals surface area contributed by atoms with Gasteiger partial charge >= 0.3 is 5.97 Å². The molecule has 1 aliphatic heterocycles. The third-order valence-corrected chi connectivity index (χ3v) is 5.09. The molecule has 0 aliphatic carbocycles. The zero-order chi connectivity index (χ0) is 22.1. The van der Waals surface area contributed by atoms with Crippen molar-refractivity contribution in [3.05, 3.63) is 59.5 Å². The number of hydrogen-bond acceptors (Lipinski definition) is 6. The second kappa shape index (κ2) is 8.18. The summed E-state index contributed by atoms with van der Waals surface area (Å²) in [6.07, 6.45) is 2.90. The Hall–Kier alpha value is -3.74. The number of methoxy groups -OCH3 is 1. The Labute approximate surface area is 179 Å². The van der Waals surface area contributed by atoms with Gasteiger partial charge in [0.05, 0.1) is 19.3 Å². The van der Waals surface area contributed by atoms with Crippen LogP contribution in [0.15, 0.2) is 48.4 Å². The third kappa shape index (κ3) is 3.86. The molecule has 0 fully saturated rings. The highest BCUT2D eigenvalue weighted by molar-refractivity contribution is 6.15. The van der Waals surface area contributed by atoms with Crippen LogP contribution in [-0.4, -0.2) is 36.1 Å². The lowest BCUT2D eigenvalue weighted by atomic mass is 10.1. The number of allylic oxidation sites excluding steroid dienone is 1. The molecule has 1 atom stereocenters. The monoisotopic (exact) mass is 421 g/mol. The molecule has 31 heavy (non-hydrogen) atoms. The highest BCUT2D eigenvalue weighted by atomic mass is 16.6. The van der Waals surface area contributed by atoms with Crippen LogP contribution in [0.1, 0.15) is 29.8 Å². The van der Waals surface area contributed by atoms with Crippen LogP contribution >= 0.6 is 0 Å². The Bertz CT molecular complexity index is 1210. The molecular weight excluding hydrogens is 398 g/mol. The molecule has 2 aromatic carbocycles. The Kier molecular flexibility index (Phi) is 5.42. The number of hydrogen-bond donors (Lipinski definition) is 0. The molecule has 4 rings (SSSR count). The van der Waals surface area contributed by atoms with Gasteiger partial charge in [-0.2, -0.15) is 0 Å². The molecule has 0 bridgehead atoms. The number of esters is 1. The van der Waals surface area contributed by atoms with Crippen molar-refractivity contribution in [3.63, 3.8) is 0 Å². The van der Waals surface area contributed by atoms with Gasteiger partial charge in [0.2, 0.25) is 5.78 Å². The van der Waals surface area contributed by atoms with Crippen LogP contribution in [0, 0.1) is 0 Å². The molecule has 7 heteroatoms. The summed E-state index contributed by atoms with van der Waals surface area (Å²) in [5, 5.41) is 0.953. The number of ketones is 1. The van der Waals surface area contributed by atoms with E-state index in [4.69, 9.17) is 18.9 Å². The summed E-state index contributed by atoms with van der Waals surface area (Å²) >= 11 is 0. The van der Waals surface area contributed by atoms with E-state index in [0.717, 1.165) is 22.2 Å². The van der Waals surface area contributed by atoms with Gasteiger partial charge in [-0.1, -0.05) is 0 Å². The van der Waals surface area contributed by atoms with Crippen LogP contribution in [-0.2, 0) is 16.6 Å². The second-order valence-electron chi connectivity index (χ2n) is 7.19. The van der Waals surface area contributed by atoms with Gasteiger partial charge in [0.15, 0.2) is 11.9 Å². The smallest absolute Gasteiger partial charge is 0.347 e. The number of rotatable bonds is 6. The average Bonchev–Trinajstić information content (AvgIpc) is 3.24. The first kappa shape index (κ1) is 20.5. The Morgan fingerprint density at radius 1 is 1.19 bits per heavy atom. The lowest BCUT2D eigenvalue weighted by molar-refractivity contribution is -0.150. The highest BCUT2D eigenvalue weighted by Gasteiger charge is 2.28. The van der Waals surface area contributed by atoms with Crippen molar-refractivity contribution < 1.29 is 28.5 Å². The molecule has 3 aromatic rings. The average molecular weight is 421 g/mol. The third-order valence-electron chi connectivity index (χ3n) is 5.09. The molecule has 1 aromatic heterocycles. The summed E-state index contributed by atoms with van der Waals surface area (Å²) < 4.78 is 23.7. The maximum absolute atomic E-state index is 12.9. The predicted molar refractivity (Wildman–Crippen MR) is 116 cm³/mol. The van der Waals surface area contributed by atoms with Crippen LogP contribution in [0.5, 0.6) is 17.2 Å². The number of aryl methyl sites for hydroxylation is 1. The number of aromatic nitrogens is 1. The molecule has 0 saturated heterocycles. The topological polar surface area (TPSA) is 76.0 Å². The van der Waals surface area contributed by atoms with Gasteiger partial charge in [-0.05, 0) is 50.3 Å². The minimum Gasteiger partial charge on any atom is -0.497 e. The van der Waals surface area contributed by atoms with Crippen molar-refractivity contribution in [3.8, 4) is 17.2 Å². The van der Waals surface area contributed by atoms with E-state index in [-0.39, 0.29) is 18.1 Å². The van der Waals surface area contributed by atoms with Crippen molar-refractivity contribution in [2.24, 2.45) is 7.05 Å². The fourth-order valence-electron chi connectivity index (χ4n) is 3.54. The maximum Gasteiger partial charge on any atom is 0.347 e. The molecule has 0 N–H and O–H groups in total. The lowest BCUT2D eigenvalue weighted by Crippen LogP contribution is -2.26. The van der Waals surface area contributed by atoms with Gasteiger partial charge in [0, 0.05) is 35.8 Å². The molecule has 0 radical (unpaired) electrons. The first-order valence-corrected chi connectivity index (χ1v) is 9.96. The number of Topliss-reactive ketones (excluding diaryl/α,β-unsaturated/α-hetero) is 1. The van der Waals surface area contributed by atoms with E-state index in [9.17, 15) is 9.59 Å². The summed E-state index contributed by atoms with van der Waals surface area (Å²) in [4.78, 5) is 24.6. The minimum absolute atomic E-state index is 0.208. The van der Waals surface area contributed by atoms with Crippen molar-refractivity contribution >= 4 is 28.7 Å². The van der Waals surface area contributed by atoms with E-state index >= 15 is 0 Å². The van der Waals surface area contributed by atoms with Gasteiger partial charge in [-0.3, -0.25) is 4.79 Å². The molecule has 0 amide bonds. The number of carbonyl (C=O) groups is 2. The van der Waals surface area contributed by atoms with Gasteiger partial charge in [-0.15, -0.1) is 0 Å². The van der Waals surface area contributed by atoms with Crippen molar-refractivity contribution in [2.75, 3.05) is 13.7 Å². The zero-order valence-corrected chi connectivity index (χ0v) is 17.8. The normalized spacial score (nSPS) is 15.0. The molecular formula is C24H23NO6. The lowest BCUT2D eigenvalue weighted by Gasteiger charge is -2.13. The van der Waals surface area contributed by atoms with Crippen LogP contribution in [0.25, 0.3) is 17.0 Å². The molecule has 1 unspecified atom stereocenters. The Morgan fingerprint density at radius 3 is 2.71 bits per heavy atom. The molecule has 0 spiro atoms. The van der Waals surface area contributed by atoms with E-state index in [0.29, 0.717) is 17.1 Å². The van der Waals surface area contributed by atoms with Gasteiger partial charge in [0.25, 0.3) is 0 Å². The molecule has 0 saturated carbocycles. The first-order chi connectivity index (χ1) is 14.9. The number of fused-ring (bicyclic) bond motifs is 2. The first-order valence-electron chi connectivity index (χ1n) is 9.96. The highest BCUT2D eigenvalue weighted by Crippen LogP contribution is 2.36. The summed E-state index contributed by atoms with van der Waals surface area (Å²) in [5.41, 5.74) is 2.31. The minimum atomic E-state index is -0.768. The van der Waals surface area contributed by atoms with E-state index in [1.54, 1.807) is 45.2 Å².